The number of aryl methyl sites for hydroxylation is 1. The SMILES string of the molecule is CCc1nsc(N2CCOC(CCl)C2)n1. The van der Waals surface area contributed by atoms with Gasteiger partial charge in [-0.15, -0.1) is 11.6 Å². The van der Waals surface area contributed by atoms with Crippen molar-refractivity contribution in [2.75, 3.05) is 30.5 Å². The molecule has 0 N–H and O–H groups in total. The van der Waals surface area contributed by atoms with Gasteiger partial charge in [0.05, 0.1) is 18.6 Å². The monoisotopic (exact) mass is 247 g/mol. The quantitative estimate of drug-likeness (QED) is 0.760. The van der Waals surface area contributed by atoms with Gasteiger partial charge < -0.3 is 9.64 Å². The van der Waals surface area contributed by atoms with E-state index in [9.17, 15) is 0 Å². The number of rotatable bonds is 3. The molecule has 0 radical (unpaired) electrons. The first kappa shape index (κ1) is 11.1. The minimum Gasteiger partial charge on any atom is -0.373 e. The molecule has 1 aliphatic rings. The molecule has 1 aromatic heterocycles. The number of aromatic nitrogens is 2. The highest BCUT2D eigenvalue weighted by atomic mass is 35.5. The fourth-order valence-corrected chi connectivity index (χ4v) is 2.47. The van der Waals surface area contributed by atoms with Crippen LogP contribution in [0.1, 0.15) is 12.7 Å². The molecule has 1 aliphatic heterocycles. The summed E-state index contributed by atoms with van der Waals surface area (Å²) in [6.07, 6.45) is 1.01. The van der Waals surface area contributed by atoms with Gasteiger partial charge >= 0.3 is 0 Å². The number of ether oxygens (including phenoxy) is 1. The number of morpholine rings is 1. The van der Waals surface area contributed by atoms with Crippen molar-refractivity contribution in [3.8, 4) is 0 Å². The van der Waals surface area contributed by atoms with Crippen molar-refractivity contribution in [2.45, 2.75) is 19.4 Å². The third kappa shape index (κ3) is 2.59. The van der Waals surface area contributed by atoms with Crippen molar-refractivity contribution in [3.63, 3.8) is 0 Å². The third-order valence-electron chi connectivity index (χ3n) is 2.35. The average Bonchev–Trinajstić information content (AvgIpc) is 2.78. The van der Waals surface area contributed by atoms with Crippen molar-refractivity contribution in [1.82, 2.24) is 9.36 Å². The second-order valence-corrected chi connectivity index (χ2v) is 4.48. The molecular weight excluding hydrogens is 234 g/mol. The van der Waals surface area contributed by atoms with Crippen LogP contribution in [-0.4, -0.2) is 41.0 Å². The summed E-state index contributed by atoms with van der Waals surface area (Å²) < 4.78 is 9.77. The summed E-state index contributed by atoms with van der Waals surface area (Å²) in [6.45, 7) is 4.48. The Kier molecular flexibility index (Phi) is 3.77. The van der Waals surface area contributed by atoms with Crippen molar-refractivity contribution >= 4 is 28.3 Å². The summed E-state index contributed by atoms with van der Waals surface area (Å²) in [7, 11) is 0. The summed E-state index contributed by atoms with van der Waals surface area (Å²) in [5.74, 6) is 1.46. The molecule has 2 heterocycles. The normalized spacial score (nSPS) is 22.0. The van der Waals surface area contributed by atoms with Crippen LogP contribution in [0.15, 0.2) is 0 Å². The Labute approximate surface area is 98.4 Å². The van der Waals surface area contributed by atoms with Gasteiger partial charge in [0.15, 0.2) is 0 Å². The van der Waals surface area contributed by atoms with Crippen molar-refractivity contribution in [1.29, 1.82) is 0 Å². The fraction of sp³-hybridized carbons (Fsp3) is 0.778. The topological polar surface area (TPSA) is 38.2 Å². The van der Waals surface area contributed by atoms with Crippen LogP contribution in [0.4, 0.5) is 5.13 Å². The molecule has 0 amide bonds. The van der Waals surface area contributed by atoms with Gasteiger partial charge in [0.1, 0.15) is 5.82 Å². The Morgan fingerprint density at radius 2 is 2.53 bits per heavy atom. The maximum atomic E-state index is 5.78. The molecular formula is C9H14ClN3OS. The molecule has 0 spiro atoms. The van der Waals surface area contributed by atoms with E-state index in [0.717, 1.165) is 37.1 Å². The average molecular weight is 248 g/mol. The van der Waals surface area contributed by atoms with Crippen molar-refractivity contribution in [3.05, 3.63) is 5.82 Å². The van der Waals surface area contributed by atoms with Crippen LogP contribution in [0, 0.1) is 0 Å². The standard InChI is InChI=1S/C9H14ClN3OS/c1-2-8-11-9(15-12-8)13-3-4-14-7(5-10)6-13/h7H,2-6H2,1H3. The second-order valence-electron chi connectivity index (χ2n) is 3.44. The lowest BCUT2D eigenvalue weighted by molar-refractivity contribution is 0.0554. The number of hydrogen-bond donors (Lipinski definition) is 0. The molecule has 6 heteroatoms. The molecule has 0 bridgehead atoms. The van der Waals surface area contributed by atoms with Gasteiger partial charge in [-0.25, -0.2) is 4.98 Å². The lowest BCUT2D eigenvalue weighted by Gasteiger charge is -2.31. The molecule has 15 heavy (non-hydrogen) atoms. The van der Waals surface area contributed by atoms with Crippen molar-refractivity contribution in [2.24, 2.45) is 0 Å². The lowest BCUT2D eigenvalue weighted by Crippen LogP contribution is -2.43. The van der Waals surface area contributed by atoms with Gasteiger partial charge in [-0.1, -0.05) is 6.92 Å². The maximum Gasteiger partial charge on any atom is 0.205 e. The zero-order valence-electron chi connectivity index (χ0n) is 8.65. The molecule has 1 unspecified atom stereocenters. The number of hydrogen-bond acceptors (Lipinski definition) is 5. The highest BCUT2D eigenvalue weighted by molar-refractivity contribution is 7.09. The van der Waals surface area contributed by atoms with E-state index in [1.807, 2.05) is 0 Å². The lowest BCUT2D eigenvalue weighted by atomic mass is 10.3. The molecule has 1 saturated heterocycles. The van der Waals surface area contributed by atoms with Gasteiger partial charge in [0, 0.05) is 31.0 Å². The van der Waals surface area contributed by atoms with Crippen molar-refractivity contribution < 1.29 is 4.74 Å². The van der Waals surface area contributed by atoms with E-state index < -0.39 is 0 Å². The Bertz CT molecular complexity index is 320. The minimum atomic E-state index is 0.120. The van der Waals surface area contributed by atoms with E-state index in [4.69, 9.17) is 16.3 Å². The maximum absolute atomic E-state index is 5.78. The Balaban J connectivity index is 2.03. The summed E-state index contributed by atoms with van der Waals surface area (Å²) >= 11 is 7.24. The first-order valence-corrected chi connectivity index (χ1v) is 6.39. The van der Waals surface area contributed by atoms with Gasteiger partial charge in [0.25, 0.3) is 0 Å². The largest absolute Gasteiger partial charge is 0.373 e. The Hall–Kier alpha value is -0.390. The van der Waals surface area contributed by atoms with Gasteiger partial charge in [0.2, 0.25) is 5.13 Å². The Morgan fingerprint density at radius 3 is 3.20 bits per heavy atom. The van der Waals surface area contributed by atoms with Crippen LogP contribution in [-0.2, 0) is 11.2 Å². The van der Waals surface area contributed by atoms with E-state index in [2.05, 4.69) is 21.2 Å². The Morgan fingerprint density at radius 1 is 1.67 bits per heavy atom. The van der Waals surface area contributed by atoms with Crippen LogP contribution >= 0.6 is 23.1 Å². The van der Waals surface area contributed by atoms with E-state index in [0.29, 0.717) is 5.88 Å². The van der Waals surface area contributed by atoms with Crippen LogP contribution < -0.4 is 4.90 Å². The number of alkyl halides is 1. The smallest absolute Gasteiger partial charge is 0.205 e. The summed E-state index contributed by atoms with van der Waals surface area (Å²) in [4.78, 5) is 6.66. The van der Waals surface area contributed by atoms with Crippen LogP contribution in [0.25, 0.3) is 0 Å². The highest BCUT2D eigenvalue weighted by Gasteiger charge is 2.22. The first-order chi connectivity index (χ1) is 7.33. The number of anilines is 1. The van der Waals surface area contributed by atoms with E-state index in [1.54, 1.807) is 0 Å². The molecule has 1 aromatic rings. The molecule has 1 fully saturated rings. The number of nitrogens with zero attached hydrogens (tertiary/aromatic N) is 3. The van der Waals surface area contributed by atoms with Crippen LogP contribution in [0.2, 0.25) is 0 Å². The third-order valence-corrected chi connectivity index (χ3v) is 3.51. The first-order valence-electron chi connectivity index (χ1n) is 5.08. The van der Waals surface area contributed by atoms with E-state index in [-0.39, 0.29) is 6.10 Å². The zero-order valence-corrected chi connectivity index (χ0v) is 10.2. The van der Waals surface area contributed by atoms with Crippen LogP contribution in [0.5, 0.6) is 0 Å². The predicted octanol–water partition coefficient (Wildman–Crippen LogP) is 1.54. The van der Waals surface area contributed by atoms with Crippen LogP contribution in [0.3, 0.4) is 0 Å². The van der Waals surface area contributed by atoms with Gasteiger partial charge in [-0.2, -0.15) is 4.37 Å². The van der Waals surface area contributed by atoms with Gasteiger partial charge in [-0.3, -0.25) is 0 Å². The predicted molar refractivity (Wildman–Crippen MR) is 62.0 cm³/mol. The van der Waals surface area contributed by atoms with Gasteiger partial charge in [-0.05, 0) is 0 Å². The molecule has 0 aliphatic carbocycles. The summed E-state index contributed by atoms with van der Waals surface area (Å²) in [5.41, 5.74) is 0. The number of halogens is 1. The molecule has 2 rings (SSSR count). The summed E-state index contributed by atoms with van der Waals surface area (Å²) in [5, 5.41) is 0.991. The fourth-order valence-electron chi connectivity index (χ4n) is 1.50. The van der Waals surface area contributed by atoms with E-state index in [1.165, 1.54) is 11.5 Å². The molecule has 0 saturated carbocycles. The van der Waals surface area contributed by atoms with E-state index >= 15 is 0 Å². The molecule has 84 valence electrons. The second kappa shape index (κ2) is 5.09. The summed E-state index contributed by atoms with van der Waals surface area (Å²) in [6, 6.07) is 0. The molecule has 4 nitrogen and oxygen atoms in total. The highest BCUT2D eigenvalue weighted by Crippen LogP contribution is 2.20. The molecule has 0 aromatic carbocycles. The molecule has 1 atom stereocenters. The zero-order chi connectivity index (χ0) is 10.7. The minimum absolute atomic E-state index is 0.120.